The van der Waals surface area contributed by atoms with Gasteiger partial charge in [0.2, 0.25) is 0 Å². The standard InChI is InChI=1S/C49H83NO7/c1-6-8-10-12-14-16-18-20-22-23-24-25-26-28-29-31-33-35-37-39-47(51)56-44-45(43-55-42-41-46(49(53)54)50(3,4)5)57-48(52)40-38-36-34-32-30-27-21-19-17-15-13-11-9-7-2/h8-11,14-17,20-22,27,45-46H,6-7,12-13,18-19,23-26,28-44H2,1-5H3/b10-8+,11-9+,16-14+,17-15+,22-20+,27-21+. The van der Waals surface area contributed by atoms with Gasteiger partial charge in [-0.1, -0.05) is 145 Å². The molecule has 0 radical (unpaired) electrons. The molecule has 0 aliphatic heterocycles. The van der Waals surface area contributed by atoms with Crippen molar-refractivity contribution >= 4 is 17.9 Å². The summed E-state index contributed by atoms with van der Waals surface area (Å²) in [7, 11) is 5.39. The van der Waals surface area contributed by atoms with Crippen LogP contribution in [-0.2, 0) is 28.6 Å². The van der Waals surface area contributed by atoms with E-state index >= 15 is 0 Å². The lowest BCUT2D eigenvalue weighted by atomic mass is 10.1. The summed E-state index contributed by atoms with van der Waals surface area (Å²) < 4.78 is 17.1. The number of allylic oxidation sites excluding steroid dienone is 12. The summed E-state index contributed by atoms with van der Waals surface area (Å²) in [5, 5.41) is 11.6. The molecule has 0 aliphatic carbocycles. The molecule has 8 heteroatoms. The van der Waals surface area contributed by atoms with E-state index in [2.05, 4.69) is 86.8 Å². The molecule has 2 unspecified atom stereocenters. The second-order valence-electron chi connectivity index (χ2n) is 15.9. The fourth-order valence-electron chi connectivity index (χ4n) is 6.16. The Morgan fingerprint density at radius 1 is 0.526 bits per heavy atom. The first-order chi connectivity index (χ1) is 27.6. The number of carbonyl (C=O) groups excluding carboxylic acids is 3. The molecular weight excluding hydrogens is 715 g/mol. The van der Waals surface area contributed by atoms with Gasteiger partial charge in [0.05, 0.1) is 40.3 Å². The van der Waals surface area contributed by atoms with Crippen molar-refractivity contribution in [3.63, 3.8) is 0 Å². The van der Waals surface area contributed by atoms with E-state index in [4.69, 9.17) is 14.2 Å². The van der Waals surface area contributed by atoms with E-state index < -0.39 is 18.1 Å². The molecule has 0 saturated heterocycles. The third kappa shape index (κ3) is 38.1. The highest BCUT2D eigenvalue weighted by molar-refractivity contribution is 5.70. The molecule has 8 nitrogen and oxygen atoms in total. The van der Waals surface area contributed by atoms with Crippen molar-refractivity contribution in [2.75, 3.05) is 41.0 Å². The number of rotatable bonds is 39. The van der Waals surface area contributed by atoms with Crippen LogP contribution in [0.5, 0.6) is 0 Å². The summed E-state index contributed by atoms with van der Waals surface area (Å²) in [6.07, 6.45) is 49.3. The van der Waals surface area contributed by atoms with Gasteiger partial charge >= 0.3 is 11.9 Å². The predicted octanol–water partition coefficient (Wildman–Crippen LogP) is 11.0. The Balaban J connectivity index is 4.35. The Labute approximate surface area is 349 Å². The second-order valence-corrected chi connectivity index (χ2v) is 15.9. The van der Waals surface area contributed by atoms with Gasteiger partial charge in [-0.3, -0.25) is 9.59 Å². The van der Waals surface area contributed by atoms with Crippen LogP contribution in [0.15, 0.2) is 72.9 Å². The quantitative estimate of drug-likeness (QED) is 0.0264. The minimum absolute atomic E-state index is 0.0264. The minimum atomic E-state index is -1.13. The van der Waals surface area contributed by atoms with Crippen molar-refractivity contribution < 1.29 is 38.2 Å². The molecule has 57 heavy (non-hydrogen) atoms. The number of esters is 2. The first kappa shape index (κ1) is 53.8. The van der Waals surface area contributed by atoms with E-state index in [1.165, 1.54) is 38.5 Å². The Kier molecular flexibility index (Phi) is 37.3. The van der Waals surface area contributed by atoms with Crippen molar-refractivity contribution in [1.29, 1.82) is 0 Å². The maximum atomic E-state index is 12.7. The third-order valence-corrected chi connectivity index (χ3v) is 9.59. The Bertz CT molecular complexity index is 1160. The van der Waals surface area contributed by atoms with Crippen LogP contribution in [0.3, 0.4) is 0 Å². The highest BCUT2D eigenvalue weighted by Gasteiger charge is 2.25. The molecule has 0 rings (SSSR count). The van der Waals surface area contributed by atoms with Gasteiger partial charge in [0.1, 0.15) is 12.6 Å². The maximum absolute atomic E-state index is 12.7. The number of carbonyl (C=O) groups is 3. The molecule has 326 valence electrons. The van der Waals surface area contributed by atoms with Crippen LogP contribution in [0.2, 0.25) is 0 Å². The summed E-state index contributed by atoms with van der Waals surface area (Å²) in [5.41, 5.74) is 0. The van der Waals surface area contributed by atoms with Gasteiger partial charge in [-0.15, -0.1) is 0 Å². The minimum Gasteiger partial charge on any atom is -0.544 e. The van der Waals surface area contributed by atoms with Crippen LogP contribution in [0.25, 0.3) is 0 Å². The normalized spacial score (nSPS) is 13.6. The molecule has 0 fully saturated rings. The van der Waals surface area contributed by atoms with Crippen LogP contribution in [0.1, 0.15) is 168 Å². The van der Waals surface area contributed by atoms with E-state index in [0.717, 1.165) is 96.3 Å². The number of aliphatic carboxylic acids is 1. The fourth-order valence-corrected chi connectivity index (χ4v) is 6.16. The van der Waals surface area contributed by atoms with Crippen molar-refractivity contribution in [2.24, 2.45) is 0 Å². The number of hydrogen-bond donors (Lipinski definition) is 0. The lowest BCUT2D eigenvalue weighted by Crippen LogP contribution is -2.55. The highest BCUT2D eigenvalue weighted by Crippen LogP contribution is 2.14. The molecule has 0 amide bonds. The fraction of sp³-hybridized carbons (Fsp3) is 0.694. The van der Waals surface area contributed by atoms with E-state index in [1.54, 1.807) is 21.1 Å². The average molecular weight is 798 g/mol. The number of carboxylic acids is 1. The smallest absolute Gasteiger partial charge is 0.306 e. The summed E-state index contributed by atoms with van der Waals surface area (Å²) in [4.78, 5) is 36.9. The van der Waals surface area contributed by atoms with Crippen molar-refractivity contribution in [3.8, 4) is 0 Å². The van der Waals surface area contributed by atoms with Crippen molar-refractivity contribution in [3.05, 3.63) is 72.9 Å². The SMILES string of the molecule is CC/C=C/C/C=C/C/C=C/CCCCCCCCCCCC(=O)OCC(COCCC(C(=O)[O-])[N+](C)(C)C)OC(=O)CCCCCC/C=C/C/C=C/C/C=C/CC. The topological polar surface area (TPSA) is 102 Å². The molecule has 0 N–H and O–H groups in total. The molecule has 0 aromatic rings. The maximum Gasteiger partial charge on any atom is 0.306 e. The van der Waals surface area contributed by atoms with Crippen LogP contribution in [0, 0.1) is 0 Å². The third-order valence-electron chi connectivity index (χ3n) is 9.59. The lowest BCUT2D eigenvalue weighted by molar-refractivity contribution is -0.889. The predicted molar refractivity (Wildman–Crippen MR) is 235 cm³/mol. The molecule has 0 aromatic heterocycles. The van der Waals surface area contributed by atoms with Crippen LogP contribution >= 0.6 is 0 Å². The number of ether oxygens (including phenoxy) is 3. The van der Waals surface area contributed by atoms with E-state index in [0.29, 0.717) is 12.8 Å². The summed E-state index contributed by atoms with van der Waals surface area (Å²) in [5.74, 6) is -1.78. The highest BCUT2D eigenvalue weighted by atomic mass is 16.6. The zero-order valence-electron chi connectivity index (χ0n) is 37.0. The zero-order chi connectivity index (χ0) is 42.1. The van der Waals surface area contributed by atoms with Crippen molar-refractivity contribution in [1.82, 2.24) is 0 Å². The Morgan fingerprint density at radius 3 is 1.37 bits per heavy atom. The van der Waals surface area contributed by atoms with Gasteiger partial charge in [-0.2, -0.15) is 0 Å². The molecule has 0 heterocycles. The van der Waals surface area contributed by atoms with E-state index in [1.807, 2.05) is 0 Å². The number of likely N-dealkylation sites (N-methyl/N-ethyl adjacent to an activating group) is 1. The van der Waals surface area contributed by atoms with Crippen LogP contribution in [-0.4, -0.2) is 75.5 Å². The first-order valence-corrected chi connectivity index (χ1v) is 22.5. The second kappa shape index (κ2) is 39.6. The number of hydrogen-bond acceptors (Lipinski definition) is 7. The average Bonchev–Trinajstić information content (AvgIpc) is 3.17. The van der Waals surface area contributed by atoms with Gasteiger partial charge in [0.25, 0.3) is 0 Å². The largest absolute Gasteiger partial charge is 0.544 e. The lowest BCUT2D eigenvalue weighted by Gasteiger charge is -2.34. The molecule has 0 spiro atoms. The molecular formula is C49H83NO7. The number of nitrogens with zero attached hydrogens (tertiary/aromatic N) is 1. The number of unbranched alkanes of at least 4 members (excludes halogenated alkanes) is 13. The molecule has 0 saturated carbocycles. The first-order valence-electron chi connectivity index (χ1n) is 22.5. The van der Waals surface area contributed by atoms with Gasteiger partial charge in [0, 0.05) is 19.3 Å². The van der Waals surface area contributed by atoms with E-state index in [-0.39, 0.29) is 42.7 Å². The van der Waals surface area contributed by atoms with Gasteiger partial charge < -0.3 is 28.6 Å². The molecule has 2 atom stereocenters. The number of carboxylic acid groups (broad SMARTS) is 1. The van der Waals surface area contributed by atoms with Crippen LogP contribution in [0.4, 0.5) is 0 Å². The van der Waals surface area contributed by atoms with Gasteiger partial charge in [-0.05, 0) is 77.0 Å². The van der Waals surface area contributed by atoms with Crippen molar-refractivity contribution in [2.45, 2.75) is 180 Å². The van der Waals surface area contributed by atoms with Gasteiger partial charge in [0.15, 0.2) is 6.10 Å². The molecule has 0 aliphatic rings. The Hall–Kier alpha value is -3.23. The summed E-state index contributed by atoms with van der Waals surface area (Å²) in [6.45, 7) is 4.40. The summed E-state index contributed by atoms with van der Waals surface area (Å²) in [6, 6.07) is -0.734. The number of quaternary nitrogens is 1. The molecule has 0 bridgehead atoms. The zero-order valence-corrected chi connectivity index (χ0v) is 37.0. The Morgan fingerprint density at radius 2 is 0.930 bits per heavy atom. The van der Waals surface area contributed by atoms with Crippen LogP contribution < -0.4 is 5.11 Å². The van der Waals surface area contributed by atoms with E-state index in [9.17, 15) is 19.5 Å². The monoisotopic (exact) mass is 798 g/mol. The van der Waals surface area contributed by atoms with Gasteiger partial charge in [-0.25, -0.2) is 0 Å². The molecule has 0 aromatic carbocycles. The summed E-state index contributed by atoms with van der Waals surface area (Å²) >= 11 is 0.